The Bertz CT molecular complexity index is 720. The number of alkyl halides is 2. The molecule has 1 aliphatic rings. The smallest absolute Gasteiger partial charge is 0.335 e. The SMILES string of the molecule is NCCC(=O)Nc1ccc(OC2OC(C(=O)O)C(O)C(O)C2O)c(C(F)F)c1. The van der Waals surface area contributed by atoms with E-state index in [4.69, 9.17) is 20.3 Å². The Balaban J connectivity index is 2.24. The maximum Gasteiger partial charge on any atom is 0.335 e. The Hall–Kier alpha value is -2.38. The molecule has 1 aliphatic heterocycles. The van der Waals surface area contributed by atoms with Crippen LogP contribution in [0.4, 0.5) is 14.5 Å². The number of aliphatic hydroxyl groups excluding tert-OH is 3. The molecule has 1 amide bonds. The molecule has 0 spiro atoms. The van der Waals surface area contributed by atoms with Crippen LogP contribution in [0.1, 0.15) is 18.4 Å². The summed E-state index contributed by atoms with van der Waals surface area (Å²) in [7, 11) is 0. The summed E-state index contributed by atoms with van der Waals surface area (Å²) in [6.45, 7) is 0.0740. The second-order valence-electron chi connectivity index (χ2n) is 5.99. The number of hydrogen-bond acceptors (Lipinski definition) is 8. The zero-order chi connectivity index (χ0) is 21.0. The number of halogens is 2. The van der Waals surface area contributed by atoms with E-state index in [0.29, 0.717) is 0 Å². The van der Waals surface area contributed by atoms with Crippen LogP contribution < -0.4 is 15.8 Å². The van der Waals surface area contributed by atoms with Crippen LogP contribution >= 0.6 is 0 Å². The highest BCUT2D eigenvalue weighted by Gasteiger charge is 2.48. The van der Waals surface area contributed by atoms with E-state index in [9.17, 15) is 33.7 Å². The van der Waals surface area contributed by atoms with Crippen molar-refractivity contribution in [3.05, 3.63) is 23.8 Å². The number of benzene rings is 1. The van der Waals surface area contributed by atoms with Crippen molar-refractivity contribution < 1.29 is 48.3 Å². The summed E-state index contributed by atoms with van der Waals surface area (Å²) in [5.74, 6) is -2.59. The first-order valence-corrected chi connectivity index (χ1v) is 8.16. The molecule has 7 N–H and O–H groups in total. The van der Waals surface area contributed by atoms with E-state index >= 15 is 0 Å². The first kappa shape index (κ1) is 21.9. The van der Waals surface area contributed by atoms with E-state index in [2.05, 4.69) is 5.32 Å². The Morgan fingerprint density at radius 3 is 2.46 bits per heavy atom. The number of hydrogen-bond donors (Lipinski definition) is 6. The van der Waals surface area contributed by atoms with Gasteiger partial charge in [0.25, 0.3) is 6.43 Å². The van der Waals surface area contributed by atoms with E-state index in [1.807, 2.05) is 0 Å². The third-order valence-corrected chi connectivity index (χ3v) is 3.96. The molecule has 1 fully saturated rings. The molecule has 5 unspecified atom stereocenters. The number of carboxylic acids is 1. The quantitative estimate of drug-likeness (QED) is 0.338. The molecule has 0 aliphatic carbocycles. The molecule has 10 nitrogen and oxygen atoms in total. The van der Waals surface area contributed by atoms with Crippen molar-refractivity contribution in [2.45, 2.75) is 43.6 Å². The largest absolute Gasteiger partial charge is 0.479 e. The minimum absolute atomic E-state index is 0.0127. The fraction of sp³-hybridized carbons (Fsp3) is 0.500. The molecule has 0 saturated carbocycles. The second-order valence-corrected chi connectivity index (χ2v) is 5.99. The molecular weight excluding hydrogens is 386 g/mol. The average Bonchev–Trinajstić information content (AvgIpc) is 2.62. The van der Waals surface area contributed by atoms with Crippen LogP contribution in [0.2, 0.25) is 0 Å². The predicted molar refractivity (Wildman–Crippen MR) is 88.6 cm³/mol. The lowest BCUT2D eigenvalue weighted by Crippen LogP contribution is -2.61. The summed E-state index contributed by atoms with van der Waals surface area (Å²) in [4.78, 5) is 22.6. The third-order valence-electron chi connectivity index (χ3n) is 3.96. The van der Waals surface area contributed by atoms with E-state index < -0.39 is 60.3 Å². The zero-order valence-corrected chi connectivity index (χ0v) is 14.4. The zero-order valence-electron chi connectivity index (χ0n) is 14.4. The highest BCUT2D eigenvalue weighted by atomic mass is 19.3. The number of amides is 1. The number of anilines is 1. The molecule has 12 heteroatoms. The van der Waals surface area contributed by atoms with Gasteiger partial charge in [0, 0.05) is 18.7 Å². The number of carbonyl (C=O) groups excluding carboxylic acids is 1. The van der Waals surface area contributed by atoms with Gasteiger partial charge in [-0.05, 0) is 18.2 Å². The fourth-order valence-electron chi connectivity index (χ4n) is 2.53. The summed E-state index contributed by atoms with van der Waals surface area (Å²) in [5.41, 5.74) is 4.61. The lowest BCUT2D eigenvalue weighted by atomic mass is 9.99. The Kier molecular flexibility index (Phi) is 7.21. The van der Waals surface area contributed by atoms with Crippen molar-refractivity contribution in [1.29, 1.82) is 0 Å². The van der Waals surface area contributed by atoms with Crippen LogP contribution in [-0.4, -0.2) is 69.6 Å². The molecule has 2 rings (SSSR count). The van der Waals surface area contributed by atoms with Crippen molar-refractivity contribution in [3.8, 4) is 5.75 Å². The van der Waals surface area contributed by atoms with Crippen molar-refractivity contribution in [1.82, 2.24) is 0 Å². The number of nitrogens with two attached hydrogens (primary N) is 1. The Labute approximate surface area is 157 Å². The van der Waals surface area contributed by atoms with E-state index in [0.717, 1.165) is 12.1 Å². The normalized spacial score (nSPS) is 27.5. The van der Waals surface area contributed by atoms with Crippen LogP contribution in [0.25, 0.3) is 0 Å². The number of ether oxygens (including phenoxy) is 2. The number of rotatable bonds is 7. The average molecular weight is 406 g/mol. The molecule has 156 valence electrons. The number of carbonyl (C=O) groups is 2. The van der Waals surface area contributed by atoms with Gasteiger partial charge in [-0.3, -0.25) is 4.79 Å². The molecule has 0 radical (unpaired) electrons. The molecule has 0 aromatic heterocycles. The standard InChI is InChI=1S/C16H20F2N2O8/c17-14(18)7-5-6(20-9(21)3-4-19)1-2-8(7)27-16-12(24)10(22)11(23)13(28-16)15(25)26/h1-2,5,10-14,16,22-24H,3-4,19H2,(H,20,21)(H,25,26). The molecule has 0 bridgehead atoms. The van der Waals surface area contributed by atoms with E-state index in [1.165, 1.54) is 6.07 Å². The predicted octanol–water partition coefficient (Wildman–Crippen LogP) is -0.817. The van der Waals surface area contributed by atoms with Gasteiger partial charge in [-0.2, -0.15) is 0 Å². The van der Waals surface area contributed by atoms with Gasteiger partial charge in [0.05, 0.1) is 5.56 Å². The third kappa shape index (κ3) is 4.91. The monoisotopic (exact) mass is 406 g/mol. The van der Waals surface area contributed by atoms with Gasteiger partial charge in [0.1, 0.15) is 24.1 Å². The first-order valence-electron chi connectivity index (χ1n) is 8.16. The topological polar surface area (TPSA) is 172 Å². The van der Waals surface area contributed by atoms with Gasteiger partial charge in [-0.1, -0.05) is 0 Å². The summed E-state index contributed by atoms with van der Waals surface area (Å²) in [6.07, 6.45) is -12.6. The van der Waals surface area contributed by atoms with Gasteiger partial charge in [-0.15, -0.1) is 0 Å². The molecule has 1 heterocycles. The fourth-order valence-corrected chi connectivity index (χ4v) is 2.53. The summed E-state index contributed by atoms with van der Waals surface area (Å²) in [5, 5.41) is 40.7. The van der Waals surface area contributed by atoms with Crippen molar-refractivity contribution in [2.75, 3.05) is 11.9 Å². The summed E-state index contributed by atoms with van der Waals surface area (Å²) in [6, 6.07) is 3.23. The lowest BCUT2D eigenvalue weighted by molar-refractivity contribution is -0.271. The van der Waals surface area contributed by atoms with Crippen molar-refractivity contribution in [2.24, 2.45) is 5.73 Å². The van der Waals surface area contributed by atoms with Gasteiger partial charge >= 0.3 is 5.97 Å². The maximum absolute atomic E-state index is 13.4. The molecule has 1 aromatic rings. The van der Waals surface area contributed by atoms with E-state index in [1.54, 1.807) is 0 Å². The molecule has 5 atom stereocenters. The van der Waals surface area contributed by atoms with Crippen LogP contribution in [0, 0.1) is 0 Å². The minimum Gasteiger partial charge on any atom is -0.479 e. The molecule has 1 aromatic carbocycles. The van der Waals surface area contributed by atoms with Gasteiger partial charge in [0.2, 0.25) is 12.2 Å². The van der Waals surface area contributed by atoms with Gasteiger partial charge < -0.3 is 41.0 Å². The Morgan fingerprint density at radius 2 is 1.89 bits per heavy atom. The van der Waals surface area contributed by atoms with Crippen molar-refractivity contribution in [3.63, 3.8) is 0 Å². The molecule has 28 heavy (non-hydrogen) atoms. The van der Waals surface area contributed by atoms with Crippen LogP contribution in [0.3, 0.4) is 0 Å². The highest BCUT2D eigenvalue weighted by Crippen LogP contribution is 2.34. The molecular formula is C16H20F2N2O8. The summed E-state index contributed by atoms with van der Waals surface area (Å²) < 4.78 is 36.8. The van der Waals surface area contributed by atoms with E-state index in [-0.39, 0.29) is 18.7 Å². The number of aliphatic carboxylic acids is 1. The van der Waals surface area contributed by atoms with Gasteiger partial charge in [0.15, 0.2) is 6.10 Å². The first-order chi connectivity index (χ1) is 13.1. The number of carboxylic acid groups (broad SMARTS) is 1. The highest BCUT2D eigenvalue weighted by molar-refractivity contribution is 5.91. The number of aliphatic hydroxyl groups is 3. The van der Waals surface area contributed by atoms with Crippen molar-refractivity contribution >= 4 is 17.6 Å². The van der Waals surface area contributed by atoms with Crippen LogP contribution in [0.5, 0.6) is 5.75 Å². The van der Waals surface area contributed by atoms with Crippen LogP contribution in [-0.2, 0) is 14.3 Å². The summed E-state index contributed by atoms with van der Waals surface area (Å²) >= 11 is 0. The lowest BCUT2D eigenvalue weighted by Gasteiger charge is -2.38. The minimum atomic E-state index is -3.05. The molecule has 1 saturated heterocycles. The Morgan fingerprint density at radius 1 is 1.21 bits per heavy atom. The van der Waals surface area contributed by atoms with Crippen LogP contribution in [0.15, 0.2) is 18.2 Å². The maximum atomic E-state index is 13.4. The van der Waals surface area contributed by atoms with Gasteiger partial charge in [-0.25, -0.2) is 13.6 Å². The number of nitrogens with one attached hydrogen (secondary N) is 1. The second kappa shape index (κ2) is 9.21.